The molecule has 122 valence electrons. The fourth-order valence-corrected chi connectivity index (χ4v) is 3.57. The van der Waals surface area contributed by atoms with Crippen LogP contribution in [0.15, 0.2) is 36.5 Å². The van der Waals surface area contributed by atoms with Gasteiger partial charge in [-0.15, -0.1) is 0 Å². The van der Waals surface area contributed by atoms with E-state index in [0.29, 0.717) is 5.69 Å². The van der Waals surface area contributed by atoms with Gasteiger partial charge in [-0.05, 0) is 55.9 Å². The van der Waals surface area contributed by atoms with Crippen molar-refractivity contribution < 1.29 is 4.79 Å². The average Bonchev–Trinajstić information content (AvgIpc) is 2.99. The van der Waals surface area contributed by atoms with Crippen molar-refractivity contribution in [3.05, 3.63) is 64.6 Å². The number of imidazole rings is 1. The number of carbonyl (C=O) groups is 1. The number of hydrogen-bond acceptors (Lipinski definition) is 3. The Morgan fingerprint density at radius 3 is 3.00 bits per heavy atom. The number of nitrogens with zero attached hydrogens (tertiary/aromatic N) is 3. The molecular formula is C19H20N4O. The maximum absolute atomic E-state index is 12.8. The van der Waals surface area contributed by atoms with Crippen LogP contribution in [0, 0.1) is 13.8 Å². The molecule has 2 heterocycles. The van der Waals surface area contributed by atoms with Gasteiger partial charge in [-0.1, -0.05) is 24.3 Å². The van der Waals surface area contributed by atoms with Crippen molar-refractivity contribution in [3.8, 4) is 0 Å². The first kappa shape index (κ1) is 14.9. The molecule has 1 aromatic carbocycles. The maximum Gasteiger partial charge on any atom is 0.272 e. The van der Waals surface area contributed by atoms with E-state index in [1.165, 1.54) is 11.1 Å². The molecule has 1 aliphatic rings. The minimum absolute atomic E-state index is 0.0545. The number of benzene rings is 1. The van der Waals surface area contributed by atoms with E-state index >= 15 is 0 Å². The van der Waals surface area contributed by atoms with Crippen molar-refractivity contribution in [2.75, 3.05) is 0 Å². The first-order chi connectivity index (χ1) is 11.6. The minimum Gasteiger partial charge on any atom is -0.344 e. The van der Waals surface area contributed by atoms with Crippen LogP contribution in [0.5, 0.6) is 0 Å². The molecule has 1 N–H and O–H groups in total. The molecule has 0 fully saturated rings. The topological polar surface area (TPSA) is 59.3 Å². The summed E-state index contributed by atoms with van der Waals surface area (Å²) in [6.45, 7) is 3.90. The first-order valence-corrected chi connectivity index (χ1v) is 8.34. The number of carbonyl (C=O) groups excluding carboxylic acids is 1. The Balaban J connectivity index is 1.66. The quantitative estimate of drug-likeness (QED) is 0.789. The molecule has 0 bridgehead atoms. The molecule has 3 aromatic rings. The van der Waals surface area contributed by atoms with Gasteiger partial charge < -0.3 is 5.32 Å². The molecule has 1 atom stereocenters. The highest BCUT2D eigenvalue weighted by Gasteiger charge is 2.23. The van der Waals surface area contributed by atoms with Crippen LogP contribution in [0.3, 0.4) is 0 Å². The molecule has 0 saturated heterocycles. The lowest BCUT2D eigenvalue weighted by Gasteiger charge is -2.26. The second-order valence-corrected chi connectivity index (χ2v) is 6.46. The molecule has 5 nitrogen and oxygen atoms in total. The van der Waals surface area contributed by atoms with Gasteiger partial charge in [0.25, 0.3) is 5.91 Å². The standard InChI is InChI=1S/C19H20N4O/c1-12-10-13(2)22-23-17(11-20-18(12)23)19(24)21-16-9-5-7-14-6-3-4-8-15(14)16/h3-4,6,8,10-11,16H,5,7,9H2,1-2H3,(H,21,24). The summed E-state index contributed by atoms with van der Waals surface area (Å²) >= 11 is 0. The summed E-state index contributed by atoms with van der Waals surface area (Å²) in [5, 5.41) is 7.62. The van der Waals surface area contributed by atoms with Gasteiger partial charge in [0.15, 0.2) is 11.3 Å². The zero-order valence-electron chi connectivity index (χ0n) is 13.9. The largest absolute Gasteiger partial charge is 0.344 e. The van der Waals surface area contributed by atoms with E-state index in [4.69, 9.17) is 0 Å². The molecule has 0 radical (unpaired) electrons. The lowest BCUT2D eigenvalue weighted by molar-refractivity contribution is 0.0925. The van der Waals surface area contributed by atoms with Gasteiger partial charge in [0.1, 0.15) is 0 Å². The van der Waals surface area contributed by atoms with E-state index < -0.39 is 0 Å². The molecule has 2 aromatic heterocycles. The summed E-state index contributed by atoms with van der Waals surface area (Å²) < 4.78 is 1.65. The fraction of sp³-hybridized carbons (Fsp3) is 0.316. The van der Waals surface area contributed by atoms with Crippen LogP contribution < -0.4 is 5.32 Å². The summed E-state index contributed by atoms with van der Waals surface area (Å²) in [6.07, 6.45) is 4.74. The van der Waals surface area contributed by atoms with E-state index in [-0.39, 0.29) is 11.9 Å². The monoisotopic (exact) mass is 320 g/mol. The summed E-state index contributed by atoms with van der Waals surface area (Å²) in [5.41, 5.74) is 5.66. The molecule has 4 rings (SSSR count). The van der Waals surface area contributed by atoms with E-state index in [1.54, 1.807) is 10.7 Å². The third-order valence-electron chi connectivity index (χ3n) is 4.68. The SMILES string of the molecule is Cc1cc(C)c2ncc(C(=O)NC3CCCc4ccccc43)n2n1. The Labute approximate surface area is 140 Å². The number of hydrogen-bond donors (Lipinski definition) is 1. The zero-order chi connectivity index (χ0) is 16.7. The minimum atomic E-state index is -0.123. The maximum atomic E-state index is 12.8. The molecule has 1 amide bonds. The molecule has 1 unspecified atom stereocenters. The lowest BCUT2D eigenvalue weighted by Crippen LogP contribution is -2.32. The van der Waals surface area contributed by atoms with Crippen LogP contribution >= 0.6 is 0 Å². The highest BCUT2D eigenvalue weighted by molar-refractivity contribution is 5.93. The van der Waals surface area contributed by atoms with E-state index in [9.17, 15) is 4.79 Å². The van der Waals surface area contributed by atoms with Crippen molar-refractivity contribution in [3.63, 3.8) is 0 Å². The fourth-order valence-electron chi connectivity index (χ4n) is 3.57. The van der Waals surface area contributed by atoms with Crippen LogP contribution in [0.2, 0.25) is 0 Å². The highest BCUT2D eigenvalue weighted by Crippen LogP contribution is 2.29. The first-order valence-electron chi connectivity index (χ1n) is 8.34. The van der Waals surface area contributed by atoms with Crippen LogP contribution in [0.4, 0.5) is 0 Å². The van der Waals surface area contributed by atoms with Gasteiger partial charge in [0.2, 0.25) is 0 Å². The number of nitrogens with one attached hydrogen (secondary N) is 1. The van der Waals surface area contributed by atoms with Crippen molar-refractivity contribution >= 4 is 11.6 Å². The number of amides is 1. The zero-order valence-corrected chi connectivity index (χ0v) is 13.9. The molecule has 0 spiro atoms. The Bertz CT molecular complexity index is 928. The summed E-state index contributed by atoms with van der Waals surface area (Å²) in [5.74, 6) is -0.123. The highest BCUT2D eigenvalue weighted by atomic mass is 16.2. The Morgan fingerprint density at radius 2 is 2.12 bits per heavy atom. The molecule has 0 aliphatic heterocycles. The van der Waals surface area contributed by atoms with E-state index in [1.807, 2.05) is 26.0 Å². The van der Waals surface area contributed by atoms with Gasteiger partial charge in [0, 0.05) is 0 Å². The Morgan fingerprint density at radius 1 is 1.29 bits per heavy atom. The summed E-state index contributed by atoms with van der Waals surface area (Å²) in [6, 6.07) is 10.4. The van der Waals surface area contributed by atoms with Gasteiger partial charge in [-0.3, -0.25) is 4.79 Å². The normalized spacial score (nSPS) is 16.8. The smallest absolute Gasteiger partial charge is 0.272 e. The second kappa shape index (κ2) is 5.74. The number of aromatic nitrogens is 3. The van der Waals surface area contributed by atoms with Crippen molar-refractivity contribution in [1.29, 1.82) is 0 Å². The second-order valence-electron chi connectivity index (χ2n) is 6.46. The molecular weight excluding hydrogens is 300 g/mol. The lowest BCUT2D eigenvalue weighted by atomic mass is 9.88. The van der Waals surface area contributed by atoms with E-state index in [0.717, 1.165) is 36.2 Å². The summed E-state index contributed by atoms with van der Waals surface area (Å²) in [4.78, 5) is 17.2. The third kappa shape index (κ3) is 2.46. The van der Waals surface area contributed by atoms with Crippen LogP contribution in [-0.4, -0.2) is 20.5 Å². The van der Waals surface area contributed by atoms with Crippen molar-refractivity contribution in [2.45, 2.75) is 39.2 Å². The van der Waals surface area contributed by atoms with Crippen LogP contribution in [-0.2, 0) is 6.42 Å². The van der Waals surface area contributed by atoms with Crippen molar-refractivity contribution in [1.82, 2.24) is 19.9 Å². The number of fused-ring (bicyclic) bond motifs is 2. The Kier molecular flexibility index (Phi) is 3.56. The van der Waals surface area contributed by atoms with E-state index in [2.05, 4.69) is 33.6 Å². The molecule has 0 saturated carbocycles. The third-order valence-corrected chi connectivity index (χ3v) is 4.68. The summed E-state index contributed by atoms with van der Waals surface area (Å²) in [7, 11) is 0. The average molecular weight is 320 g/mol. The van der Waals surface area contributed by atoms with Gasteiger partial charge in [-0.25, -0.2) is 9.50 Å². The van der Waals surface area contributed by atoms with Gasteiger partial charge in [-0.2, -0.15) is 5.10 Å². The molecule has 5 heteroatoms. The molecule has 1 aliphatic carbocycles. The van der Waals surface area contributed by atoms with Crippen LogP contribution in [0.1, 0.15) is 51.8 Å². The van der Waals surface area contributed by atoms with Gasteiger partial charge >= 0.3 is 0 Å². The molecule has 24 heavy (non-hydrogen) atoms. The van der Waals surface area contributed by atoms with Crippen LogP contribution in [0.25, 0.3) is 5.65 Å². The Hall–Kier alpha value is -2.69. The van der Waals surface area contributed by atoms with Crippen molar-refractivity contribution in [2.24, 2.45) is 0 Å². The predicted octanol–water partition coefficient (Wildman–Crippen LogP) is 3.15. The predicted molar refractivity (Wildman–Crippen MR) is 92.0 cm³/mol. The number of rotatable bonds is 2. The number of aryl methyl sites for hydroxylation is 3. The van der Waals surface area contributed by atoms with Gasteiger partial charge in [0.05, 0.1) is 17.9 Å².